The molecule has 1 amide bonds. The smallest absolute Gasteiger partial charge is 0.311 e. The number of rotatable bonds is 6. The molecule has 0 aromatic carbocycles. The van der Waals surface area contributed by atoms with Crippen molar-refractivity contribution in [2.24, 2.45) is 27.2 Å². The number of thiazole rings is 1. The Bertz CT molecular complexity index is 777. The van der Waals surface area contributed by atoms with Gasteiger partial charge in [-0.1, -0.05) is 35.1 Å². The Balaban J connectivity index is 1.89. The molecule has 0 radical (unpaired) electrons. The second-order valence-corrected chi connectivity index (χ2v) is 7.01. The van der Waals surface area contributed by atoms with Crippen molar-refractivity contribution < 1.29 is 9.53 Å². The van der Waals surface area contributed by atoms with E-state index in [0.717, 1.165) is 22.8 Å². The highest BCUT2D eigenvalue weighted by molar-refractivity contribution is 7.12. The summed E-state index contributed by atoms with van der Waals surface area (Å²) in [5.41, 5.74) is 0. The molecule has 0 aliphatic carbocycles. The molecule has 2 aliphatic heterocycles. The molecule has 0 bridgehead atoms. The van der Waals surface area contributed by atoms with Crippen LogP contribution in [0.1, 0.15) is 48.5 Å². The van der Waals surface area contributed by atoms with Crippen LogP contribution < -0.4 is 21.9 Å². The summed E-state index contributed by atoms with van der Waals surface area (Å²) < 4.78 is 7.28. The van der Waals surface area contributed by atoms with Gasteiger partial charge in [-0.25, -0.2) is 10.9 Å². The molecule has 142 valence electrons. The number of nitrogens with one attached hydrogen (secondary N) is 1. The zero-order valence-electron chi connectivity index (χ0n) is 14.1. The number of fused-ring (bicyclic) bond motifs is 1. The van der Waals surface area contributed by atoms with Crippen LogP contribution in [0, 0.1) is 4.91 Å². The van der Waals surface area contributed by atoms with Crippen LogP contribution in [0.15, 0.2) is 20.3 Å². The van der Waals surface area contributed by atoms with Crippen molar-refractivity contribution >= 4 is 23.1 Å². The average Bonchev–Trinajstić information content (AvgIpc) is 3.21. The lowest BCUT2D eigenvalue weighted by atomic mass is 10.0. The van der Waals surface area contributed by atoms with Crippen LogP contribution in [0.5, 0.6) is 0 Å². The topological polar surface area (TPSA) is 170 Å². The van der Waals surface area contributed by atoms with Crippen molar-refractivity contribution in [2.75, 3.05) is 5.32 Å². The van der Waals surface area contributed by atoms with Crippen LogP contribution in [0.25, 0.3) is 0 Å². The molecule has 3 heterocycles. The fourth-order valence-corrected chi connectivity index (χ4v) is 4.14. The molecular weight excluding hydrogens is 364 g/mol. The molecule has 1 saturated heterocycles. The molecule has 1 aromatic rings. The highest BCUT2D eigenvalue weighted by Gasteiger charge is 2.40. The van der Waals surface area contributed by atoms with Crippen LogP contribution in [-0.2, 0) is 4.74 Å². The maximum atomic E-state index is 12.5. The summed E-state index contributed by atoms with van der Waals surface area (Å²) >= 11 is 0.766. The number of anilines is 1. The Morgan fingerprint density at radius 1 is 1.42 bits per heavy atom. The summed E-state index contributed by atoms with van der Waals surface area (Å²) in [5, 5.41) is 13.6. The molecule has 13 heteroatoms. The number of nitroso groups, excluding NO2 is 1. The molecule has 26 heavy (non-hydrogen) atoms. The van der Waals surface area contributed by atoms with Crippen molar-refractivity contribution in [3.63, 3.8) is 0 Å². The van der Waals surface area contributed by atoms with Crippen LogP contribution in [0.3, 0.4) is 0 Å². The third kappa shape index (κ3) is 3.08. The number of nitrogens with zero attached hydrogens (tertiary/aromatic N) is 5. The molecule has 2 aliphatic rings. The predicted molar refractivity (Wildman–Crippen MR) is 93.0 cm³/mol. The van der Waals surface area contributed by atoms with Crippen molar-refractivity contribution in [1.82, 2.24) is 9.58 Å². The minimum absolute atomic E-state index is 0.159. The largest absolute Gasteiger partial charge is 0.352 e. The van der Waals surface area contributed by atoms with Crippen molar-refractivity contribution in [3.05, 3.63) is 19.5 Å². The van der Waals surface area contributed by atoms with Crippen LogP contribution in [0.2, 0.25) is 0 Å². The molecule has 1 fully saturated rings. The zero-order valence-corrected chi connectivity index (χ0v) is 14.9. The Kier molecular flexibility index (Phi) is 5.29. The Hall–Kier alpha value is -2.38. The van der Waals surface area contributed by atoms with E-state index in [0.29, 0.717) is 19.3 Å². The molecule has 3 rings (SSSR count). The fraction of sp³-hybridized carbons (Fsp3) is 0.692. The van der Waals surface area contributed by atoms with Crippen LogP contribution in [0.4, 0.5) is 5.82 Å². The number of carbonyl (C=O) groups excluding carboxylic acids is 1. The Morgan fingerprint density at radius 3 is 2.85 bits per heavy atom. The van der Waals surface area contributed by atoms with Gasteiger partial charge in [0.05, 0.1) is 6.10 Å². The van der Waals surface area contributed by atoms with Gasteiger partial charge in [-0.2, -0.15) is 4.91 Å². The van der Waals surface area contributed by atoms with Crippen molar-refractivity contribution in [2.45, 2.75) is 57.3 Å². The van der Waals surface area contributed by atoms with E-state index in [2.05, 4.69) is 20.8 Å². The SMILES string of the molecule is CCCC(N=O)[C@@H]1CC[C@H](n2c3c(sc2=O)C(=O)N(N)C(N=NN)N3)O1. The molecule has 2 unspecified atom stereocenters. The number of hydrogen-bond acceptors (Lipinski definition) is 10. The van der Waals surface area contributed by atoms with E-state index < -0.39 is 24.5 Å². The summed E-state index contributed by atoms with van der Waals surface area (Å²) in [4.78, 5) is 35.7. The molecule has 4 atom stereocenters. The number of ether oxygens (including phenoxy) is 1. The first-order chi connectivity index (χ1) is 12.5. The van der Waals surface area contributed by atoms with Gasteiger partial charge < -0.3 is 15.9 Å². The maximum Gasteiger partial charge on any atom is 0.311 e. The number of hydrazine groups is 1. The third-order valence-corrected chi connectivity index (χ3v) is 5.39. The Labute approximate surface area is 152 Å². The van der Waals surface area contributed by atoms with Gasteiger partial charge in [0.15, 0.2) is 0 Å². The summed E-state index contributed by atoms with van der Waals surface area (Å²) in [5.74, 6) is 10.4. The van der Waals surface area contributed by atoms with Crippen LogP contribution >= 0.6 is 11.3 Å². The van der Waals surface area contributed by atoms with Crippen molar-refractivity contribution in [3.8, 4) is 0 Å². The molecule has 0 spiro atoms. The highest BCUT2D eigenvalue weighted by atomic mass is 32.1. The van der Waals surface area contributed by atoms with Gasteiger partial charge in [0.1, 0.15) is 23.0 Å². The average molecular weight is 384 g/mol. The minimum atomic E-state index is -1.03. The monoisotopic (exact) mass is 384 g/mol. The van der Waals surface area contributed by atoms with E-state index in [4.69, 9.17) is 16.4 Å². The summed E-state index contributed by atoms with van der Waals surface area (Å²) in [6.07, 6.45) is 0.564. The number of amides is 1. The lowest BCUT2D eigenvalue weighted by Crippen LogP contribution is -2.52. The van der Waals surface area contributed by atoms with Gasteiger partial charge in [-0.05, 0) is 19.3 Å². The van der Waals surface area contributed by atoms with Gasteiger partial charge in [0.25, 0.3) is 5.91 Å². The number of nitrogens with two attached hydrogens (primary N) is 2. The van der Waals surface area contributed by atoms with Gasteiger partial charge >= 0.3 is 4.87 Å². The second kappa shape index (κ2) is 7.47. The summed E-state index contributed by atoms with van der Waals surface area (Å²) in [6, 6.07) is -0.455. The standard InChI is InChI=1S/C13H20N8O4S/c1-2-3-6(18-24)7-4-5-8(25-7)20-10-9(26-13(20)23)11(22)21(15)12(16-10)17-19-14/h6-8,12,16H,2-5,15H2,1H3,(H2,14,17)/t6?,7-,8+,12?/m0/s1. The first-order valence-electron chi connectivity index (χ1n) is 8.19. The molecule has 5 N–H and O–H groups in total. The maximum absolute atomic E-state index is 12.5. The normalized spacial score (nSPS) is 26.8. The first-order valence-corrected chi connectivity index (χ1v) is 9.01. The molecule has 1 aromatic heterocycles. The number of hydrogen-bond donors (Lipinski definition) is 3. The van der Waals surface area contributed by atoms with Crippen molar-refractivity contribution in [1.29, 1.82) is 0 Å². The first kappa shape index (κ1) is 18.4. The quantitative estimate of drug-likeness (QED) is 0.215. The molecule has 12 nitrogen and oxygen atoms in total. The second-order valence-electron chi connectivity index (χ2n) is 6.05. The van der Waals surface area contributed by atoms with Gasteiger partial charge in [-0.3, -0.25) is 14.2 Å². The van der Waals surface area contributed by atoms with E-state index in [1.165, 1.54) is 4.57 Å². The van der Waals surface area contributed by atoms with E-state index in [9.17, 15) is 14.5 Å². The zero-order chi connectivity index (χ0) is 18.8. The minimum Gasteiger partial charge on any atom is -0.352 e. The van der Waals surface area contributed by atoms with Gasteiger partial charge in [0.2, 0.25) is 6.29 Å². The van der Waals surface area contributed by atoms with Gasteiger partial charge in [0, 0.05) is 0 Å². The third-order valence-electron chi connectivity index (χ3n) is 4.44. The van der Waals surface area contributed by atoms with E-state index >= 15 is 0 Å². The van der Waals surface area contributed by atoms with Gasteiger partial charge in [-0.15, -0.1) is 5.11 Å². The lowest BCUT2D eigenvalue weighted by molar-refractivity contribution is -0.0105. The predicted octanol–water partition coefficient (Wildman–Crippen LogP) is 0.873. The van der Waals surface area contributed by atoms with E-state index in [-0.39, 0.29) is 21.7 Å². The Morgan fingerprint density at radius 2 is 2.19 bits per heavy atom. The van der Waals surface area contributed by atoms with E-state index in [1.54, 1.807) is 0 Å². The molecule has 0 saturated carbocycles. The van der Waals surface area contributed by atoms with E-state index in [1.807, 2.05) is 6.92 Å². The summed E-state index contributed by atoms with van der Waals surface area (Å²) in [7, 11) is 0. The number of aromatic nitrogens is 1. The molecular formula is C13H20N8O4S. The summed E-state index contributed by atoms with van der Waals surface area (Å²) in [6.45, 7) is 1.96. The lowest BCUT2D eigenvalue weighted by Gasteiger charge is -2.30. The fourth-order valence-electron chi connectivity index (χ4n) is 3.21. The van der Waals surface area contributed by atoms with Crippen LogP contribution in [-0.4, -0.2) is 33.9 Å². The highest BCUT2D eigenvalue weighted by Crippen LogP contribution is 2.36. The number of carbonyl (C=O) groups is 1.